The summed E-state index contributed by atoms with van der Waals surface area (Å²) in [5.41, 5.74) is 0.416. The van der Waals surface area contributed by atoms with E-state index in [1.165, 1.54) is 25.0 Å². The molecule has 2 atom stereocenters. The third kappa shape index (κ3) is 2.67. The van der Waals surface area contributed by atoms with Crippen molar-refractivity contribution in [3.05, 3.63) is 35.6 Å². The number of ketones is 1. The number of aliphatic imine (C=N–C) groups is 1. The molecule has 100 valence electrons. The van der Waals surface area contributed by atoms with Gasteiger partial charge in [0.15, 0.2) is 5.78 Å². The number of nitrogens with one attached hydrogen (secondary N) is 1. The van der Waals surface area contributed by atoms with Crippen molar-refractivity contribution in [2.45, 2.75) is 44.2 Å². The highest BCUT2D eigenvalue weighted by molar-refractivity contribution is 6.09. The number of amidine groups is 1. The molecule has 19 heavy (non-hydrogen) atoms. The van der Waals surface area contributed by atoms with E-state index in [0.717, 1.165) is 18.7 Å². The molecular weight excluding hydrogens is 243 g/mol. The summed E-state index contributed by atoms with van der Waals surface area (Å²) in [4.78, 5) is 16.7. The Morgan fingerprint density at radius 2 is 2.21 bits per heavy atom. The van der Waals surface area contributed by atoms with Gasteiger partial charge in [0.2, 0.25) is 0 Å². The van der Waals surface area contributed by atoms with E-state index in [1.54, 1.807) is 12.1 Å². The minimum atomic E-state index is -0.374. The second kappa shape index (κ2) is 5.11. The topological polar surface area (TPSA) is 41.5 Å². The Kier molecular flexibility index (Phi) is 3.32. The first kappa shape index (κ1) is 12.3. The molecule has 0 aromatic heterocycles. The van der Waals surface area contributed by atoms with E-state index in [4.69, 9.17) is 0 Å². The molecule has 1 aliphatic carbocycles. The number of rotatable bonds is 3. The predicted molar refractivity (Wildman–Crippen MR) is 72.0 cm³/mol. The smallest absolute Gasteiger partial charge is 0.170 e. The molecule has 1 fully saturated rings. The lowest BCUT2D eigenvalue weighted by Gasteiger charge is -2.23. The Balaban J connectivity index is 1.67. The molecule has 3 rings (SSSR count). The molecule has 0 amide bonds. The maximum absolute atomic E-state index is 13.1. The number of carbonyl (C=O) groups is 1. The highest BCUT2D eigenvalue weighted by Gasteiger charge is 2.31. The van der Waals surface area contributed by atoms with Crippen molar-refractivity contribution in [3.8, 4) is 0 Å². The molecule has 1 heterocycles. The summed E-state index contributed by atoms with van der Waals surface area (Å²) in [7, 11) is 0. The number of Topliss-reactive ketones (excluding diaryl/α,β-unsaturated/α-hetero) is 1. The van der Waals surface area contributed by atoms with Gasteiger partial charge >= 0.3 is 0 Å². The number of carbonyl (C=O) groups excluding carboxylic acids is 1. The van der Waals surface area contributed by atoms with Gasteiger partial charge in [-0.2, -0.15) is 0 Å². The number of benzene rings is 1. The van der Waals surface area contributed by atoms with Crippen LogP contribution in [0.25, 0.3) is 0 Å². The number of nitrogens with zero attached hydrogens (tertiary/aromatic N) is 1. The molecule has 0 spiro atoms. The Morgan fingerprint density at radius 1 is 1.37 bits per heavy atom. The average molecular weight is 260 g/mol. The number of halogens is 1. The third-order valence-electron chi connectivity index (χ3n) is 3.88. The van der Waals surface area contributed by atoms with Crippen LogP contribution in [-0.4, -0.2) is 23.7 Å². The minimum absolute atomic E-state index is 0.0793. The largest absolute Gasteiger partial charge is 0.369 e. The van der Waals surface area contributed by atoms with Gasteiger partial charge in [-0.3, -0.25) is 9.79 Å². The Bertz CT molecular complexity index is 527. The predicted octanol–water partition coefficient (Wildman–Crippen LogP) is 2.71. The highest BCUT2D eigenvalue weighted by atomic mass is 19.1. The van der Waals surface area contributed by atoms with Crippen LogP contribution in [0.2, 0.25) is 0 Å². The van der Waals surface area contributed by atoms with E-state index in [9.17, 15) is 9.18 Å². The first-order valence-corrected chi connectivity index (χ1v) is 6.84. The van der Waals surface area contributed by atoms with Crippen molar-refractivity contribution < 1.29 is 9.18 Å². The fraction of sp³-hybridized carbons (Fsp3) is 0.467. The molecular formula is C15H17FN2O. The molecule has 1 aromatic rings. The maximum atomic E-state index is 13.1. The van der Waals surface area contributed by atoms with E-state index in [0.29, 0.717) is 17.6 Å². The van der Waals surface area contributed by atoms with Gasteiger partial charge in [-0.1, -0.05) is 25.0 Å². The summed E-state index contributed by atoms with van der Waals surface area (Å²) >= 11 is 0. The SMILES string of the molecule is O=C(CC1=N[C@H]2CCCC[C@H]2N1)c1cccc(F)c1. The zero-order chi connectivity index (χ0) is 13.2. The molecule has 2 aliphatic rings. The van der Waals surface area contributed by atoms with Crippen LogP contribution in [-0.2, 0) is 0 Å². The second-order valence-electron chi connectivity index (χ2n) is 5.29. The van der Waals surface area contributed by atoms with Crippen molar-refractivity contribution >= 4 is 11.6 Å². The number of hydrogen-bond donors (Lipinski definition) is 1. The molecule has 0 saturated heterocycles. The van der Waals surface area contributed by atoms with Gasteiger partial charge in [0.25, 0.3) is 0 Å². The highest BCUT2D eigenvalue weighted by Crippen LogP contribution is 2.25. The molecule has 3 nitrogen and oxygen atoms in total. The van der Waals surface area contributed by atoms with E-state index >= 15 is 0 Å². The van der Waals surface area contributed by atoms with Gasteiger partial charge < -0.3 is 5.32 Å². The molecule has 0 unspecified atom stereocenters. The van der Waals surface area contributed by atoms with Crippen LogP contribution in [0.5, 0.6) is 0 Å². The molecule has 1 aromatic carbocycles. The van der Waals surface area contributed by atoms with Crippen molar-refractivity contribution in [3.63, 3.8) is 0 Å². The summed E-state index contributed by atoms with van der Waals surface area (Å²) < 4.78 is 13.1. The van der Waals surface area contributed by atoms with Crippen molar-refractivity contribution in [1.82, 2.24) is 5.32 Å². The molecule has 1 N–H and O–H groups in total. The Morgan fingerprint density at radius 3 is 3.00 bits per heavy atom. The average Bonchev–Trinajstić information content (AvgIpc) is 2.80. The van der Waals surface area contributed by atoms with Gasteiger partial charge in [-0.25, -0.2) is 4.39 Å². The van der Waals surface area contributed by atoms with Gasteiger partial charge in [-0.15, -0.1) is 0 Å². The van der Waals surface area contributed by atoms with Crippen LogP contribution in [0.3, 0.4) is 0 Å². The standard InChI is InChI=1S/C15H17FN2O/c16-11-5-3-4-10(8-11)14(19)9-15-17-12-6-1-2-7-13(12)18-15/h3-5,8,12-13H,1-2,6-7,9H2,(H,17,18)/t12-,13+. The lowest BCUT2D eigenvalue weighted by atomic mass is 9.92. The van der Waals surface area contributed by atoms with Crippen molar-refractivity contribution in [1.29, 1.82) is 0 Å². The normalized spacial score (nSPS) is 25.4. The van der Waals surface area contributed by atoms with Crippen LogP contribution < -0.4 is 5.32 Å². The zero-order valence-corrected chi connectivity index (χ0v) is 10.7. The summed E-state index contributed by atoms with van der Waals surface area (Å²) in [6.45, 7) is 0. The van der Waals surface area contributed by atoms with Crippen molar-refractivity contribution in [2.75, 3.05) is 0 Å². The lowest BCUT2D eigenvalue weighted by molar-refractivity contribution is 0.0999. The zero-order valence-electron chi connectivity index (χ0n) is 10.7. The summed E-state index contributed by atoms with van der Waals surface area (Å²) in [5.74, 6) is 0.316. The maximum Gasteiger partial charge on any atom is 0.170 e. The molecule has 4 heteroatoms. The van der Waals surface area contributed by atoms with Gasteiger partial charge in [0.1, 0.15) is 11.7 Å². The quantitative estimate of drug-likeness (QED) is 0.849. The van der Waals surface area contributed by atoms with Crippen LogP contribution in [0.4, 0.5) is 4.39 Å². The van der Waals surface area contributed by atoms with Crippen LogP contribution in [0, 0.1) is 5.82 Å². The van der Waals surface area contributed by atoms with Crippen LogP contribution in [0.1, 0.15) is 42.5 Å². The van der Waals surface area contributed by atoms with E-state index in [1.807, 2.05) is 0 Å². The fourth-order valence-electron chi connectivity index (χ4n) is 2.90. The Hall–Kier alpha value is -1.71. The second-order valence-corrected chi connectivity index (χ2v) is 5.29. The summed E-state index contributed by atoms with van der Waals surface area (Å²) in [5, 5.41) is 3.34. The van der Waals surface area contributed by atoms with Gasteiger partial charge in [0.05, 0.1) is 12.5 Å². The molecule has 1 aliphatic heterocycles. The third-order valence-corrected chi connectivity index (χ3v) is 3.88. The first-order chi connectivity index (χ1) is 9.22. The monoisotopic (exact) mass is 260 g/mol. The number of fused-ring (bicyclic) bond motifs is 1. The van der Waals surface area contributed by atoms with Crippen LogP contribution in [0.15, 0.2) is 29.3 Å². The van der Waals surface area contributed by atoms with Gasteiger partial charge in [0, 0.05) is 11.6 Å². The fourth-order valence-corrected chi connectivity index (χ4v) is 2.90. The molecule has 0 bridgehead atoms. The molecule has 1 saturated carbocycles. The van der Waals surface area contributed by atoms with Gasteiger partial charge in [-0.05, 0) is 25.0 Å². The minimum Gasteiger partial charge on any atom is -0.369 e. The van der Waals surface area contributed by atoms with E-state index < -0.39 is 0 Å². The van der Waals surface area contributed by atoms with E-state index in [2.05, 4.69) is 10.3 Å². The summed E-state index contributed by atoms with van der Waals surface area (Å²) in [6, 6.07) is 6.58. The lowest BCUT2D eigenvalue weighted by Crippen LogP contribution is -2.37. The number of hydrogen-bond acceptors (Lipinski definition) is 3. The van der Waals surface area contributed by atoms with Crippen LogP contribution >= 0.6 is 0 Å². The first-order valence-electron chi connectivity index (χ1n) is 6.84. The molecule has 0 radical (unpaired) electrons. The van der Waals surface area contributed by atoms with E-state index in [-0.39, 0.29) is 18.0 Å². The Labute approximate surface area is 111 Å². The summed E-state index contributed by atoms with van der Waals surface area (Å²) in [6.07, 6.45) is 4.93. The van der Waals surface area contributed by atoms with Crippen molar-refractivity contribution in [2.24, 2.45) is 4.99 Å².